The Labute approximate surface area is 142 Å². The number of halogens is 2. The lowest BCUT2D eigenvalue weighted by molar-refractivity contribution is -0.145. The monoisotopic (exact) mass is 344 g/mol. The molecule has 0 aromatic heterocycles. The van der Waals surface area contributed by atoms with Crippen molar-refractivity contribution in [1.82, 2.24) is 10.2 Å². The summed E-state index contributed by atoms with van der Waals surface area (Å²) in [6, 6.07) is 7.67. The molecule has 2 aliphatic heterocycles. The van der Waals surface area contributed by atoms with Gasteiger partial charge in [0, 0.05) is 17.5 Å². The first-order chi connectivity index (χ1) is 10.1. The molecule has 122 valence electrons. The Morgan fingerprint density at radius 3 is 2.64 bits per heavy atom. The Balaban J connectivity index is 0.00000176. The minimum absolute atomic E-state index is 0. The molecule has 2 aliphatic rings. The van der Waals surface area contributed by atoms with Crippen LogP contribution in [0.25, 0.3) is 0 Å². The van der Waals surface area contributed by atoms with Crippen molar-refractivity contribution in [3.8, 4) is 0 Å². The molecular weight excluding hydrogens is 323 g/mol. The van der Waals surface area contributed by atoms with Crippen LogP contribution in [0, 0.1) is 11.8 Å². The Hall–Kier alpha value is -0.810. The van der Waals surface area contributed by atoms with Crippen LogP contribution in [0.1, 0.15) is 18.6 Å². The molecule has 0 radical (unpaired) electrons. The van der Waals surface area contributed by atoms with Gasteiger partial charge in [-0.1, -0.05) is 30.7 Å². The van der Waals surface area contributed by atoms with E-state index in [9.17, 15) is 4.79 Å². The lowest BCUT2D eigenvalue weighted by atomic mass is 9.87. The van der Waals surface area contributed by atoms with Crippen molar-refractivity contribution < 1.29 is 9.53 Å². The van der Waals surface area contributed by atoms with Crippen LogP contribution in [0.3, 0.4) is 0 Å². The molecule has 0 bridgehead atoms. The fraction of sp³-hybridized carbons (Fsp3) is 0.562. The number of rotatable bonds is 3. The largest absolute Gasteiger partial charge is 0.370 e. The third-order valence-corrected chi connectivity index (χ3v) is 4.78. The third-order valence-electron chi connectivity index (χ3n) is 4.53. The maximum Gasteiger partial charge on any atom is 0.225 e. The van der Waals surface area contributed by atoms with E-state index in [1.165, 1.54) is 0 Å². The first kappa shape index (κ1) is 17.5. The number of morpholine rings is 1. The maximum atomic E-state index is 12.6. The van der Waals surface area contributed by atoms with Crippen LogP contribution in [0.2, 0.25) is 5.02 Å². The van der Waals surface area contributed by atoms with Crippen LogP contribution < -0.4 is 5.32 Å². The van der Waals surface area contributed by atoms with Gasteiger partial charge in [0.15, 0.2) is 0 Å². The highest BCUT2D eigenvalue weighted by molar-refractivity contribution is 6.30. The van der Waals surface area contributed by atoms with Crippen LogP contribution >= 0.6 is 24.0 Å². The number of benzene rings is 1. The summed E-state index contributed by atoms with van der Waals surface area (Å²) in [5.74, 6) is 0.827. The third kappa shape index (κ3) is 3.74. The molecule has 1 aromatic rings. The number of hydrogen-bond acceptors (Lipinski definition) is 3. The van der Waals surface area contributed by atoms with Gasteiger partial charge in [-0.05, 0) is 36.7 Å². The predicted octanol–water partition coefficient (Wildman–Crippen LogP) is 2.52. The van der Waals surface area contributed by atoms with Gasteiger partial charge in [-0.3, -0.25) is 4.79 Å². The summed E-state index contributed by atoms with van der Waals surface area (Å²) >= 11 is 5.92. The number of hydrogen-bond donors (Lipinski definition) is 1. The summed E-state index contributed by atoms with van der Waals surface area (Å²) in [6.45, 7) is 5.86. The highest BCUT2D eigenvalue weighted by Gasteiger charge is 2.34. The lowest BCUT2D eigenvalue weighted by Crippen LogP contribution is -2.52. The number of carbonyl (C=O) groups is 1. The normalized spacial score (nSPS) is 23.4. The topological polar surface area (TPSA) is 41.6 Å². The molecule has 4 nitrogen and oxygen atoms in total. The zero-order chi connectivity index (χ0) is 14.8. The number of nitrogens with one attached hydrogen (secondary N) is 1. The summed E-state index contributed by atoms with van der Waals surface area (Å²) in [5, 5.41) is 3.95. The zero-order valence-corrected chi connectivity index (χ0v) is 14.2. The van der Waals surface area contributed by atoms with E-state index in [0.29, 0.717) is 30.6 Å². The van der Waals surface area contributed by atoms with E-state index in [1.54, 1.807) is 0 Å². The number of nitrogens with zero attached hydrogens (tertiary/aromatic N) is 1. The Morgan fingerprint density at radius 1 is 1.36 bits per heavy atom. The molecule has 2 atom stereocenters. The van der Waals surface area contributed by atoms with E-state index in [-0.39, 0.29) is 30.3 Å². The van der Waals surface area contributed by atoms with Crippen molar-refractivity contribution in [3.63, 3.8) is 0 Å². The van der Waals surface area contributed by atoms with Crippen molar-refractivity contribution in [2.75, 3.05) is 32.8 Å². The fourth-order valence-electron chi connectivity index (χ4n) is 2.88. The van der Waals surface area contributed by atoms with E-state index >= 15 is 0 Å². The molecule has 2 heterocycles. The summed E-state index contributed by atoms with van der Waals surface area (Å²) in [7, 11) is 0. The average molecular weight is 345 g/mol. The minimum atomic E-state index is -0.0494. The Kier molecular flexibility index (Phi) is 6.09. The van der Waals surface area contributed by atoms with Gasteiger partial charge in [0.2, 0.25) is 5.91 Å². The van der Waals surface area contributed by atoms with Crippen LogP contribution in [-0.2, 0) is 9.53 Å². The highest BCUT2D eigenvalue weighted by Crippen LogP contribution is 2.26. The second-order valence-corrected chi connectivity index (χ2v) is 6.34. The standard InChI is InChI=1S/C16H21ClN2O2.ClH/c1-11(13-8-18-9-13)16(20)19-6-7-21-15(10-19)12-2-4-14(17)5-3-12;/h2-5,11,13,15,18H,6-10H2,1H3;1H. The van der Waals surface area contributed by atoms with E-state index in [0.717, 1.165) is 18.7 Å². The van der Waals surface area contributed by atoms with Gasteiger partial charge in [-0.15, -0.1) is 12.4 Å². The van der Waals surface area contributed by atoms with Gasteiger partial charge in [0.25, 0.3) is 0 Å². The molecule has 22 heavy (non-hydrogen) atoms. The van der Waals surface area contributed by atoms with Gasteiger partial charge < -0.3 is 15.0 Å². The van der Waals surface area contributed by atoms with E-state index in [1.807, 2.05) is 36.1 Å². The average Bonchev–Trinajstić information content (AvgIpc) is 2.45. The minimum Gasteiger partial charge on any atom is -0.370 e. The van der Waals surface area contributed by atoms with Crippen LogP contribution in [0.15, 0.2) is 24.3 Å². The fourth-order valence-corrected chi connectivity index (χ4v) is 3.01. The van der Waals surface area contributed by atoms with Crippen molar-refractivity contribution in [2.45, 2.75) is 13.0 Å². The lowest BCUT2D eigenvalue weighted by Gasteiger charge is -2.38. The van der Waals surface area contributed by atoms with Gasteiger partial charge in [0.05, 0.1) is 13.2 Å². The van der Waals surface area contributed by atoms with E-state index in [2.05, 4.69) is 5.32 Å². The highest BCUT2D eigenvalue weighted by atomic mass is 35.5. The summed E-state index contributed by atoms with van der Waals surface area (Å²) in [5.41, 5.74) is 1.08. The van der Waals surface area contributed by atoms with Crippen molar-refractivity contribution in [1.29, 1.82) is 0 Å². The molecule has 6 heteroatoms. The molecule has 1 aromatic carbocycles. The van der Waals surface area contributed by atoms with Crippen molar-refractivity contribution >= 4 is 29.9 Å². The summed E-state index contributed by atoms with van der Waals surface area (Å²) in [6.07, 6.45) is -0.0494. The zero-order valence-electron chi connectivity index (χ0n) is 12.6. The smallest absolute Gasteiger partial charge is 0.225 e. The molecule has 3 rings (SSSR count). The molecule has 2 saturated heterocycles. The first-order valence-electron chi connectivity index (χ1n) is 7.51. The summed E-state index contributed by atoms with van der Waals surface area (Å²) in [4.78, 5) is 14.5. The molecule has 0 saturated carbocycles. The van der Waals surface area contributed by atoms with Crippen molar-refractivity contribution in [3.05, 3.63) is 34.9 Å². The Morgan fingerprint density at radius 2 is 2.05 bits per heavy atom. The molecule has 2 unspecified atom stereocenters. The molecule has 0 aliphatic carbocycles. The molecule has 2 fully saturated rings. The van der Waals surface area contributed by atoms with Gasteiger partial charge in [0.1, 0.15) is 6.10 Å². The van der Waals surface area contributed by atoms with Gasteiger partial charge in [-0.25, -0.2) is 0 Å². The second-order valence-electron chi connectivity index (χ2n) is 5.90. The molecule has 0 spiro atoms. The maximum absolute atomic E-state index is 12.6. The van der Waals surface area contributed by atoms with Crippen molar-refractivity contribution in [2.24, 2.45) is 11.8 Å². The van der Waals surface area contributed by atoms with Crippen LogP contribution in [0.5, 0.6) is 0 Å². The van der Waals surface area contributed by atoms with E-state index < -0.39 is 0 Å². The second kappa shape index (κ2) is 7.64. The van der Waals surface area contributed by atoms with Gasteiger partial charge in [-0.2, -0.15) is 0 Å². The molecule has 1 amide bonds. The first-order valence-corrected chi connectivity index (χ1v) is 7.89. The van der Waals surface area contributed by atoms with Crippen LogP contribution in [0.4, 0.5) is 0 Å². The van der Waals surface area contributed by atoms with Gasteiger partial charge >= 0.3 is 0 Å². The predicted molar refractivity (Wildman–Crippen MR) is 89.5 cm³/mol. The quantitative estimate of drug-likeness (QED) is 0.915. The molecular formula is C16H22Cl2N2O2. The SMILES string of the molecule is CC(C(=O)N1CCOC(c2ccc(Cl)cc2)C1)C1CNC1.Cl. The number of amides is 1. The number of ether oxygens (including phenoxy) is 1. The number of carbonyl (C=O) groups excluding carboxylic acids is 1. The van der Waals surface area contributed by atoms with E-state index in [4.69, 9.17) is 16.3 Å². The Bertz CT molecular complexity index is 505. The molecule has 1 N–H and O–H groups in total. The summed E-state index contributed by atoms with van der Waals surface area (Å²) < 4.78 is 5.82. The van der Waals surface area contributed by atoms with Crippen LogP contribution in [-0.4, -0.2) is 43.6 Å².